The second-order valence-corrected chi connectivity index (χ2v) is 7.65. The molecule has 34 heavy (non-hydrogen) atoms. The Morgan fingerprint density at radius 2 is 1.62 bits per heavy atom. The van der Waals surface area contributed by atoms with Crippen molar-refractivity contribution in [3.8, 4) is 17.2 Å². The quantitative estimate of drug-likeness (QED) is 0.321. The van der Waals surface area contributed by atoms with E-state index in [1.54, 1.807) is 24.5 Å². The molecular formula is C27H27N3O4. The highest BCUT2D eigenvalue weighted by Crippen LogP contribution is 2.29. The van der Waals surface area contributed by atoms with Gasteiger partial charge >= 0.3 is 0 Å². The first-order valence-corrected chi connectivity index (χ1v) is 11.3. The Morgan fingerprint density at radius 1 is 0.882 bits per heavy atom. The molecule has 0 aliphatic rings. The summed E-state index contributed by atoms with van der Waals surface area (Å²) in [5.74, 6) is 0.794. The summed E-state index contributed by atoms with van der Waals surface area (Å²) in [6.07, 6.45) is 1.97. The lowest BCUT2D eigenvalue weighted by molar-refractivity contribution is -0.116. The third-order valence-electron chi connectivity index (χ3n) is 5.33. The number of benzene rings is 3. The number of amides is 1. The van der Waals surface area contributed by atoms with Crippen molar-refractivity contribution < 1.29 is 19.1 Å². The molecule has 7 heteroatoms. The summed E-state index contributed by atoms with van der Waals surface area (Å²) in [6.45, 7) is 4.74. The Kier molecular flexibility index (Phi) is 7.22. The summed E-state index contributed by atoms with van der Waals surface area (Å²) >= 11 is 0. The molecule has 0 fully saturated rings. The van der Waals surface area contributed by atoms with Crippen molar-refractivity contribution in [1.82, 2.24) is 9.55 Å². The average molecular weight is 458 g/mol. The molecule has 0 aliphatic heterocycles. The smallest absolute Gasteiger partial charge is 0.224 e. The van der Waals surface area contributed by atoms with Crippen molar-refractivity contribution in [2.24, 2.45) is 0 Å². The van der Waals surface area contributed by atoms with Gasteiger partial charge in [0.1, 0.15) is 6.33 Å². The third-order valence-corrected chi connectivity index (χ3v) is 5.33. The molecule has 3 aromatic carbocycles. The maximum Gasteiger partial charge on any atom is 0.224 e. The average Bonchev–Trinajstić information content (AvgIpc) is 3.29. The minimum atomic E-state index is -0.217. The zero-order valence-corrected chi connectivity index (χ0v) is 19.3. The number of Topliss-reactive ketones (excluding diaryl/α,β-unsaturated/α-hetero) is 1. The van der Waals surface area contributed by atoms with Crippen molar-refractivity contribution in [2.75, 3.05) is 18.5 Å². The van der Waals surface area contributed by atoms with Gasteiger partial charge in [-0.15, -0.1) is 0 Å². The number of carbonyl (C=O) groups is 2. The van der Waals surface area contributed by atoms with Gasteiger partial charge in [-0.05, 0) is 68.4 Å². The lowest BCUT2D eigenvalue weighted by Crippen LogP contribution is -2.13. The highest BCUT2D eigenvalue weighted by molar-refractivity contribution is 6.00. The van der Waals surface area contributed by atoms with Crippen molar-refractivity contribution in [1.29, 1.82) is 0 Å². The maximum atomic E-state index is 12.6. The van der Waals surface area contributed by atoms with Gasteiger partial charge < -0.3 is 14.8 Å². The van der Waals surface area contributed by atoms with Crippen molar-refractivity contribution in [3.05, 3.63) is 78.6 Å². The zero-order valence-electron chi connectivity index (χ0n) is 19.3. The molecule has 0 bridgehead atoms. The number of ether oxygens (including phenoxy) is 2. The number of nitrogens with one attached hydrogen (secondary N) is 1. The monoisotopic (exact) mass is 457 g/mol. The fraction of sp³-hybridized carbons (Fsp3) is 0.222. The molecule has 0 spiro atoms. The second-order valence-electron chi connectivity index (χ2n) is 7.65. The molecule has 0 atom stereocenters. The van der Waals surface area contributed by atoms with E-state index >= 15 is 0 Å². The van der Waals surface area contributed by atoms with E-state index in [0.29, 0.717) is 36.0 Å². The van der Waals surface area contributed by atoms with Crippen LogP contribution in [0.5, 0.6) is 11.5 Å². The molecule has 0 unspecified atom stereocenters. The lowest BCUT2D eigenvalue weighted by atomic mass is 10.1. The molecule has 0 saturated heterocycles. The summed E-state index contributed by atoms with van der Waals surface area (Å²) < 4.78 is 13.1. The van der Waals surface area contributed by atoms with Crippen LogP contribution in [0.25, 0.3) is 16.7 Å². The van der Waals surface area contributed by atoms with Crippen LogP contribution in [0.15, 0.2) is 73.1 Å². The second kappa shape index (κ2) is 10.7. The molecule has 0 saturated carbocycles. The number of hydrogen-bond donors (Lipinski definition) is 1. The predicted octanol–water partition coefficient (Wildman–Crippen LogP) is 5.42. The number of nitrogens with zero attached hydrogens (tertiary/aromatic N) is 2. The summed E-state index contributed by atoms with van der Waals surface area (Å²) in [6, 6.07) is 20.5. The number of fused-ring (bicyclic) bond motifs is 1. The normalized spacial score (nSPS) is 10.8. The minimum Gasteiger partial charge on any atom is -0.490 e. The molecule has 1 heterocycles. The highest BCUT2D eigenvalue weighted by Gasteiger charge is 2.14. The summed E-state index contributed by atoms with van der Waals surface area (Å²) in [7, 11) is 0. The van der Waals surface area contributed by atoms with Gasteiger partial charge in [0.05, 0.1) is 24.2 Å². The van der Waals surface area contributed by atoms with Gasteiger partial charge in [0.15, 0.2) is 17.3 Å². The summed E-state index contributed by atoms with van der Waals surface area (Å²) in [4.78, 5) is 29.5. The zero-order chi connectivity index (χ0) is 23.9. The van der Waals surface area contributed by atoms with Crippen LogP contribution in [0.3, 0.4) is 0 Å². The first-order chi connectivity index (χ1) is 16.6. The van der Waals surface area contributed by atoms with Gasteiger partial charge in [-0.3, -0.25) is 14.2 Å². The first-order valence-electron chi connectivity index (χ1n) is 11.3. The van der Waals surface area contributed by atoms with Gasteiger partial charge in [-0.1, -0.05) is 12.1 Å². The molecule has 1 N–H and O–H groups in total. The molecule has 0 radical (unpaired) electrons. The Hall–Kier alpha value is -4.13. The molecule has 4 aromatic rings. The summed E-state index contributed by atoms with van der Waals surface area (Å²) in [5, 5.41) is 2.86. The Balaban J connectivity index is 1.35. The van der Waals surface area contributed by atoms with E-state index in [1.165, 1.54) is 0 Å². The number of hydrogen-bond acceptors (Lipinski definition) is 5. The minimum absolute atomic E-state index is 0.0872. The number of para-hydroxylation sites is 2. The summed E-state index contributed by atoms with van der Waals surface area (Å²) in [5.41, 5.74) is 4.05. The molecule has 0 aliphatic carbocycles. The van der Waals surface area contributed by atoms with Crippen molar-refractivity contribution in [3.63, 3.8) is 0 Å². The number of carbonyl (C=O) groups excluding carboxylic acids is 2. The van der Waals surface area contributed by atoms with E-state index in [1.807, 2.05) is 66.9 Å². The van der Waals surface area contributed by atoms with Crippen molar-refractivity contribution >= 4 is 28.4 Å². The lowest BCUT2D eigenvalue weighted by Gasteiger charge is -2.12. The van der Waals surface area contributed by atoms with Crippen LogP contribution in [0, 0.1) is 0 Å². The maximum absolute atomic E-state index is 12.6. The fourth-order valence-corrected chi connectivity index (χ4v) is 3.69. The van der Waals surface area contributed by atoms with Crippen LogP contribution in [0.1, 0.15) is 37.0 Å². The van der Waals surface area contributed by atoms with E-state index in [0.717, 1.165) is 16.7 Å². The van der Waals surface area contributed by atoms with Crippen LogP contribution in [0.4, 0.5) is 5.69 Å². The van der Waals surface area contributed by atoms with E-state index in [-0.39, 0.29) is 24.5 Å². The molecule has 1 amide bonds. The van der Waals surface area contributed by atoms with E-state index < -0.39 is 0 Å². The van der Waals surface area contributed by atoms with E-state index in [9.17, 15) is 9.59 Å². The fourth-order valence-electron chi connectivity index (χ4n) is 3.69. The molecule has 7 nitrogen and oxygen atoms in total. The van der Waals surface area contributed by atoms with Gasteiger partial charge in [0.2, 0.25) is 5.91 Å². The van der Waals surface area contributed by atoms with Gasteiger partial charge in [-0.25, -0.2) is 4.98 Å². The van der Waals surface area contributed by atoms with Crippen LogP contribution in [-0.4, -0.2) is 34.5 Å². The predicted molar refractivity (Wildman–Crippen MR) is 132 cm³/mol. The Bertz CT molecular complexity index is 1290. The van der Waals surface area contributed by atoms with Crippen LogP contribution >= 0.6 is 0 Å². The standard InChI is InChI=1S/C27H27N3O4/c1-3-33-25-15-9-19(17-26(25)34-4-2)24(31)14-16-27(32)29-20-10-12-21(13-11-20)30-18-28-22-7-5-6-8-23(22)30/h5-13,15,17-18H,3-4,14,16H2,1-2H3,(H,29,32). The SMILES string of the molecule is CCOc1ccc(C(=O)CCC(=O)Nc2ccc(-n3cnc4ccccc43)cc2)cc1OCC. The Labute approximate surface area is 198 Å². The molecule has 4 rings (SSSR count). The number of imidazole rings is 1. The molecule has 174 valence electrons. The van der Waals surface area contributed by atoms with E-state index in [2.05, 4.69) is 10.3 Å². The van der Waals surface area contributed by atoms with Gasteiger partial charge in [0.25, 0.3) is 0 Å². The van der Waals surface area contributed by atoms with Crippen LogP contribution in [-0.2, 0) is 4.79 Å². The highest BCUT2D eigenvalue weighted by atomic mass is 16.5. The number of ketones is 1. The first kappa shape index (κ1) is 23.0. The topological polar surface area (TPSA) is 82.5 Å². The third kappa shape index (κ3) is 5.26. The van der Waals surface area contributed by atoms with Crippen LogP contribution in [0.2, 0.25) is 0 Å². The number of aromatic nitrogens is 2. The van der Waals surface area contributed by atoms with Crippen LogP contribution < -0.4 is 14.8 Å². The number of rotatable bonds is 10. The molecular weight excluding hydrogens is 430 g/mol. The van der Waals surface area contributed by atoms with Crippen molar-refractivity contribution in [2.45, 2.75) is 26.7 Å². The number of anilines is 1. The van der Waals surface area contributed by atoms with Gasteiger partial charge in [-0.2, -0.15) is 0 Å². The Morgan fingerprint density at radius 3 is 2.38 bits per heavy atom. The van der Waals surface area contributed by atoms with E-state index in [4.69, 9.17) is 9.47 Å². The van der Waals surface area contributed by atoms with Gasteiger partial charge in [0, 0.05) is 29.8 Å². The largest absolute Gasteiger partial charge is 0.490 e. The molecule has 1 aromatic heterocycles.